The molecule has 2 N–H and O–H groups in total. The Morgan fingerprint density at radius 2 is 2.05 bits per heavy atom. The van der Waals surface area contributed by atoms with Gasteiger partial charge in [-0.05, 0) is 30.5 Å². The second-order valence-electron chi connectivity index (χ2n) is 5.95. The number of rotatable bonds is 3. The molecule has 0 spiro atoms. The second-order valence-corrected chi connectivity index (χ2v) is 5.95. The van der Waals surface area contributed by atoms with Crippen LogP contribution >= 0.6 is 0 Å². The Balaban J connectivity index is 1.55. The number of benzene rings is 1. The van der Waals surface area contributed by atoms with E-state index < -0.39 is 0 Å². The number of hydrogen-bond donors (Lipinski definition) is 2. The molecule has 2 aromatic rings. The molecule has 1 fully saturated rings. The third-order valence-corrected chi connectivity index (χ3v) is 4.11. The fraction of sp³-hybridized carbons (Fsp3) is 0.467. The van der Waals surface area contributed by atoms with E-state index in [1.54, 1.807) is 0 Å². The maximum Gasteiger partial charge on any atom is 0.245 e. The van der Waals surface area contributed by atoms with E-state index in [4.69, 9.17) is 14.0 Å². The van der Waals surface area contributed by atoms with Crippen LogP contribution in [-0.2, 0) is 0 Å². The first kappa shape index (κ1) is 13.5. The van der Waals surface area contributed by atoms with Crippen molar-refractivity contribution in [2.75, 3.05) is 6.79 Å². The van der Waals surface area contributed by atoms with Crippen molar-refractivity contribution in [2.45, 2.75) is 32.4 Å². The third kappa shape index (κ3) is 2.32. The molecule has 1 saturated heterocycles. The maximum atomic E-state index is 5.41. The first-order valence-electron chi connectivity index (χ1n) is 7.45. The largest absolute Gasteiger partial charge is 0.454 e. The topological polar surface area (TPSA) is 81.4 Å². The Hall–Kier alpha value is -2.12. The van der Waals surface area contributed by atoms with Crippen LogP contribution in [0.3, 0.4) is 0 Å². The van der Waals surface area contributed by atoms with E-state index in [9.17, 15) is 0 Å². The van der Waals surface area contributed by atoms with Gasteiger partial charge < -0.3 is 14.0 Å². The summed E-state index contributed by atoms with van der Waals surface area (Å²) in [6, 6.07) is 6.08. The van der Waals surface area contributed by atoms with E-state index in [0.29, 0.717) is 29.4 Å². The lowest BCUT2D eigenvalue weighted by atomic mass is 10.00. The van der Waals surface area contributed by atoms with Gasteiger partial charge >= 0.3 is 0 Å². The molecule has 1 aromatic carbocycles. The number of fused-ring (bicyclic) bond motifs is 1. The van der Waals surface area contributed by atoms with E-state index in [2.05, 4.69) is 34.8 Å². The van der Waals surface area contributed by atoms with Crippen LogP contribution in [0.2, 0.25) is 0 Å². The Labute approximate surface area is 128 Å². The number of hydrazine groups is 1. The van der Waals surface area contributed by atoms with Crippen LogP contribution in [0.1, 0.15) is 32.2 Å². The molecule has 2 aliphatic rings. The van der Waals surface area contributed by atoms with E-state index in [-0.39, 0.29) is 12.8 Å². The predicted octanol–water partition coefficient (Wildman–Crippen LogP) is 2.03. The summed E-state index contributed by atoms with van der Waals surface area (Å²) in [7, 11) is 0. The SMILES string of the molecule is CC(C)C1CC(c2nc(-c3ccc4c(c3)OCO4)no2)NN1. The molecule has 116 valence electrons. The van der Waals surface area contributed by atoms with Gasteiger partial charge in [0.05, 0.1) is 0 Å². The molecular weight excluding hydrogens is 284 g/mol. The maximum absolute atomic E-state index is 5.41. The lowest BCUT2D eigenvalue weighted by Gasteiger charge is -2.12. The summed E-state index contributed by atoms with van der Waals surface area (Å²) in [5.74, 6) is 3.17. The number of nitrogens with zero attached hydrogens (tertiary/aromatic N) is 2. The summed E-state index contributed by atoms with van der Waals surface area (Å²) in [6.45, 7) is 4.63. The van der Waals surface area contributed by atoms with Crippen LogP contribution in [-0.4, -0.2) is 23.0 Å². The minimum Gasteiger partial charge on any atom is -0.454 e. The number of ether oxygens (including phenoxy) is 2. The first-order valence-corrected chi connectivity index (χ1v) is 7.45. The monoisotopic (exact) mass is 302 g/mol. The van der Waals surface area contributed by atoms with Crippen LogP contribution in [0.15, 0.2) is 22.7 Å². The highest BCUT2D eigenvalue weighted by Gasteiger charge is 2.31. The van der Waals surface area contributed by atoms with Crippen LogP contribution in [0.5, 0.6) is 11.5 Å². The van der Waals surface area contributed by atoms with Crippen molar-refractivity contribution >= 4 is 0 Å². The predicted molar refractivity (Wildman–Crippen MR) is 78.1 cm³/mol. The summed E-state index contributed by atoms with van der Waals surface area (Å²) in [4.78, 5) is 4.51. The van der Waals surface area contributed by atoms with E-state index in [1.165, 1.54) is 0 Å². The summed E-state index contributed by atoms with van der Waals surface area (Å²) in [5.41, 5.74) is 7.35. The number of hydrogen-bond acceptors (Lipinski definition) is 7. The summed E-state index contributed by atoms with van der Waals surface area (Å²) in [6.07, 6.45) is 0.931. The molecule has 22 heavy (non-hydrogen) atoms. The van der Waals surface area contributed by atoms with Crippen molar-refractivity contribution in [3.63, 3.8) is 0 Å². The zero-order valence-electron chi connectivity index (χ0n) is 12.5. The molecule has 0 amide bonds. The van der Waals surface area contributed by atoms with Crippen LogP contribution in [0.25, 0.3) is 11.4 Å². The molecule has 0 bridgehead atoms. The Bertz CT molecular complexity index is 685. The van der Waals surface area contributed by atoms with Gasteiger partial charge in [0.1, 0.15) is 6.04 Å². The third-order valence-electron chi connectivity index (χ3n) is 4.11. The van der Waals surface area contributed by atoms with Crippen molar-refractivity contribution in [2.24, 2.45) is 5.92 Å². The zero-order chi connectivity index (χ0) is 15.1. The highest BCUT2D eigenvalue weighted by atomic mass is 16.7. The smallest absolute Gasteiger partial charge is 0.245 e. The van der Waals surface area contributed by atoms with E-state index in [0.717, 1.165) is 17.7 Å². The molecule has 1 aromatic heterocycles. The van der Waals surface area contributed by atoms with Crippen LogP contribution in [0.4, 0.5) is 0 Å². The first-order chi connectivity index (χ1) is 10.7. The highest BCUT2D eigenvalue weighted by molar-refractivity contribution is 5.61. The normalized spacial score (nSPS) is 23.4. The highest BCUT2D eigenvalue weighted by Crippen LogP contribution is 2.35. The Kier molecular flexibility index (Phi) is 3.24. The summed E-state index contributed by atoms with van der Waals surface area (Å²) >= 11 is 0. The fourth-order valence-electron chi connectivity index (χ4n) is 2.71. The average Bonchev–Trinajstić information content (AvgIpc) is 3.25. The average molecular weight is 302 g/mol. The van der Waals surface area contributed by atoms with E-state index >= 15 is 0 Å². The summed E-state index contributed by atoms with van der Waals surface area (Å²) in [5, 5.41) is 4.08. The van der Waals surface area contributed by atoms with Crippen LogP contribution in [0, 0.1) is 5.92 Å². The zero-order valence-corrected chi connectivity index (χ0v) is 12.5. The lowest BCUT2D eigenvalue weighted by molar-refractivity contribution is 0.174. The van der Waals surface area contributed by atoms with Gasteiger partial charge in [0.2, 0.25) is 18.5 Å². The van der Waals surface area contributed by atoms with Crippen molar-refractivity contribution in [1.29, 1.82) is 0 Å². The molecule has 0 aliphatic carbocycles. The minimum absolute atomic E-state index is 0.0441. The van der Waals surface area contributed by atoms with Crippen molar-refractivity contribution in [3.8, 4) is 22.9 Å². The molecule has 0 saturated carbocycles. The summed E-state index contributed by atoms with van der Waals surface area (Å²) < 4.78 is 16.1. The quantitative estimate of drug-likeness (QED) is 0.897. The van der Waals surface area contributed by atoms with Gasteiger partial charge in [-0.2, -0.15) is 4.98 Å². The van der Waals surface area contributed by atoms with Crippen molar-refractivity contribution in [3.05, 3.63) is 24.1 Å². The van der Waals surface area contributed by atoms with Gasteiger partial charge in [0.15, 0.2) is 11.5 Å². The molecule has 2 atom stereocenters. The lowest BCUT2D eigenvalue weighted by Crippen LogP contribution is -2.33. The molecule has 2 unspecified atom stereocenters. The van der Waals surface area contributed by atoms with Gasteiger partial charge in [0.25, 0.3) is 0 Å². The van der Waals surface area contributed by atoms with Gasteiger partial charge in [0, 0.05) is 11.6 Å². The van der Waals surface area contributed by atoms with Crippen molar-refractivity contribution in [1.82, 2.24) is 21.0 Å². The molecule has 2 aliphatic heterocycles. The minimum atomic E-state index is 0.0441. The van der Waals surface area contributed by atoms with Crippen molar-refractivity contribution < 1.29 is 14.0 Å². The van der Waals surface area contributed by atoms with Gasteiger partial charge in [-0.15, -0.1) is 0 Å². The molecule has 7 heteroatoms. The Morgan fingerprint density at radius 1 is 1.18 bits per heavy atom. The number of aromatic nitrogens is 2. The molecule has 3 heterocycles. The molecule has 0 radical (unpaired) electrons. The standard InChI is InChI=1S/C15H18N4O3/c1-8(2)10-6-11(18-17-10)15-16-14(19-22-15)9-3-4-12-13(5-9)21-7-20-12/h3-5,8,10-11,17-18H,6-7H2,1-2H3. The van der Waals surface area contributed by atoms with Crippen LogP contribution < -0.4 is 20.3 Å². The molecular formula is C15H18N4O3. The molecule has 4 rings (SSSR count). The Morgan fingerprint density at radius 3 is 2.86 bits per heavy atom. The van der Waals surface area contributed by atoms with Gasteiger partial charge in [-0.1, -0.05) is 19.0 Å². The fourth-order valence-corrected chi connectivity index (χ4v) is 2.71. The number of nitrogens with one attached hydrogen (secondary N) is 2. The van der Waals surface area contributed by atoms with Gasteiger partial charge in [-0.3, -0.25) is 5.43 Å². The van der Waals surface area contributed by atoms with E-state index in [1.807, 2.05) is 18.2 Å². The second kappa shape index (κ2) is 5.26. The molecule has 7 nitrogen and oxygen atoms in total. The van der Waals surface area contributed by atoms with Gasteiger partial charge in [-0.25, -0.2) is 5.43 Å².